The molecular weight excluding hydrogens is 252 g/mol. The van der Waals surface area contributed by atoms with E-state index in [1.807, 2.05) is 12.1 Å². The monoisotopic (exact) mass is 274 g/mol. The van der Waals surface area contributed by atoms with Crippen LogP contribution >= 0.6 is 0 Å². The van der Waals surface area contributed by atoms with Crippen molar-refractivity contribution in [1.29, 1.82) is 0 Å². The molecule has 1 aliphatic carbocycles. The highest BCUT2D eigenvalue weighted by molar-refractivity contribution is 5.85. The third kappa shape index (κ3) is 3.83. The summed E-state index contributed by atoms with van der Waals surface area (Å²) in [5.74, 6) is 0.799. The molecule has 1 fully saturated rings. The number of hydrogen-bond acceptors (Lipinski definition) is 3. The molecule has 2 unspecified atom stereocenters. The Kier molecular flexibility index (Phi) is 4.77. The highest BCUT2D eigenvalue weighted by Crippen LogP contribution is 2.28. The van der Waals surface area contributed by atoms with E-state index in [-0.39, 0.29) is 0 Å². The lowest BCUT2D eigenvalue weighted by molar-refractivity contribution is -0.131. The highest BCUT2D eigenvalue weighted by Gasteiger charge is 2.22. The number of anilines is 1. The molecule has 2 atom stereocenters. The van der Waals surface area contributed by atoms with E-state index in [9.17, 15) is 4.79 Å². The Morgan fingerprint density at radius 1 is 1.45 bits per heavy atom. The van der Waals surface area contributed by atoms with Gasteiger partial charge >= 0.3 is 5.97 Å². The zero-order chi connectivity index (χ0) is 14.5. The number of rotatable bonds is 4. The second-order valence-electron chi connectivity index (χ2n) is 5.66. The molecule has 0 amide bonds. The summed E-state index contributed by atoms with van der Waals surface area (Å²) in [5, 5.41) is 8.60. The van der Waals surface area contributed by atoms with Gasteiger partial charge in [-0.1, -0.05) is 19.8 Å². The second kappa shape index (κ2) is 6.55. The summed E-state index contributed by atoms with van der Waals surface area (Å²) in [5.41, 5.74) is 0.807. The van der Waals surface area contributed by atoms with Gasteiger partial charge < -0.3 is 10.0 Å². The minimum Gasteiger partial charge on any atom is -0.478 e. The summed E-state index contributed by atoms with van der Waals surface area (Å²) >= 11 is 0. The number of carbonyl (C=O) groups is 1. The maximum Gasteiger partial charge on any atom is 0.328 e. The number of carboxylic acids is 1. The van der Waals surface area contributed by atoms with Crippen molar-refractivity contribution in [3.8, 4) is 0 Å². The smallest absolute Gasteiger partial charge is 0.328 e. The number of pyridine rings is 1. The van der Waals surface area contributed by atoms with E-state index in [2.05, 4.69) is 23.9 Å². The van der Waals surface area contributed by atoms with Crippen molar-refractivity contribution in [2.45, 2.75) is 38.6 Å². The number of carboxylic acid groups (broad SMARTS) is 1. The van der Waals surface area contributed by atoms with Crippen LogP contribution in [-0.2, 0) is 4.79 Å². The molecule has 1 heterocycles. The summed E-state index contributed by atoms with van der Waals surface area (Å²) in [6, 6.07) is 4.43. The van der Waals surface area contributed by atoms with Gasteiger partial charge in [-0.05, 0) is 42.5 Å². The highest BCUT2D eigenvalue weighted by atomic mass is 16.4. The number of aliphatic carboxylic acids is 1. The van der Waals surface area contributed by atoms with Crippen LogP contribution in [-0.4, -0.2) is 29.1 Å². The quantitative estimate of drug-likeness (QED) is 0.857. The van der Waals surface area contributed by atoms with Crippen LogP contribution in [0.4, 0.5) is 5.82 Å². The fourth-order valence-corrected chi connectivity index (χ4v) is 2.81. The van der Waals surface area contributed by atoms with Crippen molar-refractivity contribution < 1.29 is 9.90 Å². The molecule has 1 aliphatic rings. The summed E-state index contributed by atoms with van der Waals surface area (Å²) in [4.78, 5) is 17.2. The zero-order valence-electron chi connectivity index (χ0n) is 12.1. The molecule has 2 rings (SSSR count). The molecule has 0 aromatic carbocycles. The molecule has 0 radical (unpaired) electrons. The Balaban J connectivity index is 2.03. The van der Waals surface area contributed by atoms with E-state index < -0.39 is 5.97 Å². The third-order valence-electron chi connectivity index (χ3n) is 4.01. The summed E-state index contributed by atoms with van der Waals surface area (Å²) in [7, 11) is 2.10. The first-order valence-electron chi connectivity index (χ1n) is 7.16. The Hall–Kier alpha value is -1.84. The van der Waals surface area contributed by atoms with Crippen LogP contribution in [0.15, 0.2) is 24.4 Å². The summed E-state index contributed by atoms with van der Waals surface area (Å²) < 4.78 is 0. The molecule has 108 valence electrons. The average Bonchev–Trinajstić information content (AvgIpc) is 2.45. The van der Waals surface area contributed by atoms with Crippen LogP contribution < -0.4 is 4.90 Å². The SMILES string of the molecule is CC1CCCC(N(C)c2ccc(/C=C/C(=O)O)cn2)C1. The molecule has 1 saturated carbocycles. The summed E-state index contributed by atoms with van der Waals surface area (Å²) in [6.07, 6.45) is 9.47. The van der Waals surface area contributed by atoms with Crippen LogP contribution in [0.25, 0.3) is 6.08 Å². The van der Waals surface area contributed by atoms with Crippen LogP contribution in [0.1, 0.15) is 38.2 Å². The van der Waals surface area contributed by atoms with Gasteiger partial charge in [-0.2, -0.15) is 0 Å². The Bertz CT molecular complexity index is 482. The fraction of sp³-hybridized carbons (Fsp3) is 0.500. The fourth-order valence-electron chi connectivity index (χ4n) is 2.81. The standard InChI is InChI=1S/C16H22N2O2/c1-12-4-3-5-14(10-12)18(2)15-8-6-13(11-17-15)7-9-16(19)20/h6-9,11-12,14H,3-5,10H2,1-2H3,(H,19,20)/b9-7+. The molecular formula is C16H22N2O2. The van der Waals surface area contributed by atoms with Gasteiger partial charge in [0.05, 0.1) is 0 Å². The maximum atomic E-state index is 10.5. The van der Waals surface area contributed by atoms with E-state index in [1.54, 1.807) is 12.3 Å². The first-order chi connectivity index (χ1) is 9.56. The normalized spacial score (nSPS) is 22.9. The first-order valence-corrected chi connectivity index (χ1v) is 7.16. The molecule has 1 aromatic rings. The predicted molar refractivity (Wildman–Crippen MR) is 80.7 cm³/mol. The van der Waals surface area contributed by atoms with Gasteiger partial charge in [-0.3, -0.25) is 0 Å². The van der Waals surface area contributed by atoms with E-state index >= 15 is 0 Å². The van der Waals surface area contributed by atoms with Crippen molar-refractivity contribution in [3.63, 3.8) is 0 Å². The third-order valence-corrected chi connectivity index (χ3v) is 4.01. The van der Waals surface area contributed by atoms with E-state index in [4.69, 9.17) is 5.11 Å². The van der Waals surface area contributed by atoms with Gasteiger partial charge in [0.2, 0.25) is 0 Å². The molecule has 1 aromatic heterocycles. The van der Waals surface area contributed by atoms with Crippen molar-refractivity contribution in [1.82, 2.24) is 4.98 Å². The predicted octanol–water partition coefficient (Wildman–Crippen LogP) is 3.19. The first kappa shape index (κ1) is 14.6. The van der Waals surface area contributed by atoms with Gasteiger partial charge in [0, 0.05) is 25.4 Å². The van der Waals surface area contributed by atoms with Gasteiger partial charge in [-0.25, -0.2) is 9.78 Å². The number of hydrogen-bond donors (Lipinski definition) is 1. The summed E-state index contributed by atoms with van der Waals surface area (Å²) in [6.45, 7) is 2.31. The van der Waals surface area contributed by atoms with E-state index in [1.165, 1.54) is 25.7 Å². The molecule has 4 heteroatoms. The zero-order valence-corrected chi connectivity index (χ0v) is 12.1. The van der Waals surface area contributed by atoms with E-state index in [0.717, 1.165) is 23.4 Å². The van der Waals surface area contributed by atoms with E-state index in [0.29, 0.717) is 6.04 Å². The lowest BCUT2D eigenvalue weighted by atomic mass is 9.86. The van der Waals surface area contributed by atoms with Gasteiger partial charge in [0.1, 0.15) is 5.82 Å². The minimum atomic E-state index is -0.942. The topological polar surface area (TPSA) is 53.4 Å². The van der Waals surface area contributed by atoms with Crippen molar-refractivity contribution in [2.24, 2.45) is 5.92 Å². The Morgan fingerprint density at radius 3 is 2.85 bits per heavy atom. The van der Waals surface area contributed by atoms with Crippen LogP contribution in [0.5, 0.6) is 0 Å². The van der Waals surface area contributed by atoms with Gasteiger partial charge in [0.15, 0.2) is 0 Å². The lowest BCUT2D eigenvalue weighted by Gasteiger charge is -2.34. The molecule has 0 bridgehead atoms. The molecule has 4 nitrogen and oxygen atoms in total. The largest absolute Gasteiger partial charge is 0.478 e. The van der Waals surface area contributed by atoms with Gasteiger partial charge in [0.25, 0.3) is 0 Å². The van der Waals surface area contributed by atoms with Crippen molar-refractivity contribution >= 4 is 17.9 Å². The second-order valence-corrected chi connectivity index (χ2v) is 5.66. The Labute approximate surface area is 120 Å². The van der Waals surface area contributed by atoms with Crippen LogP contribution in [0.2, 0.25) is 0 Å². The number of aromatic nitrogens is 1. The number of nitrogens with zero attached hydrogens (tertiary/aromatic N) is 2. The lowest BCUT2D eigenvalue weighted by Crippen LogP contribution is -2.36. The minimum absolute atomic E-state index is 0.562. The maximum absolute atomic E-state index is 10.5. The average molecular weight is 274 g/mol. The van der Waals surface area contributed by atoms with Crippen LogP contribution in [0, 0.1) is 5.92 Å². The molecule has 0 aliphatic heterocycles. The molecule has 20 heavy (non-hydrogen) atoms. The molecule has 0 saturated heterocycles. The van der Waals surface area contributed by atoms with Gasteiger partial charge in [-0.15, -0.1) is 0 Å². The molecule has 1 N–H and O–H groups in total. The van der Waals surface area contributed by atoms with Crippen molar-refractivity contribution in [3.05, 3.63) is 30.0 Å². The molecule has 0 spiro atoms. The Morgan fingerprint density at radius 2 is 2.25 bits per heavy atom. The van der Waals surface area contributed by atoms with Crippen molar-refractivity contribution in [2.75, 3.05) is 11.9 Å². The van der Waals surface area contributed by atoms with Crippen LogP contribution in [0.3, 0.4) is 0 Å².